The predicted octanol–water partition coefficient (Wildman–Crippen LogP) is 4.08. The number of carbonyl (C=O) groups excluding carboxylic acids is 1. The first-order chi connectivity index (χ1) is 16.8. The second-order valence-corrected chi connectivity index (χ2v) is 10.6. The van der Waals surface area contributed by atoms with Gasteiger partial charge in [-0.2, -0.15) is 0 Å². The Hall–Kier alpha value is -3.20. The van der Waals surface area contributed by atoms with Crippen LogP contribution < -0.4 is 10.1 Å². The van der Waals surface area contributed by atoms with Gasteiger partial charge in [0.2, 0.25) is 5.91 Å². The van der Waals surface area contributed by atoms with E-state index in [0.717, 1.165) is 46.2 Å². The number of rotatable bonds is 7. The number of carboxylic acid groups (broad SMARTS) is 1. The maximum absolute atomic E-state index is 13.8. The summed E-state index contributed by atoms with van der Waals surface area (Å²) in [7, 11) is 1.52. The van der Waals surface area contributed by atoms with Crippen LogP contribution in [0.4, 0.5) is 13.6 Å². The highest BCUT2D eigenvalue weighted by Gasteiger charge is 2.40. The summed E-state index contributed by atoms with van der Waals surface area (Å²) in [5.41, 5.74) is 2.88. The molecule has 196 valence electrons. The van der Waals surface area contributed by atoms with Crippen molar-refractivity contribution in [3.63, 3.8) is 0 Å². The number of halogens is 2. The highest BCUT2D eigenvalue weighted by atomic mass is 19.1. The average Bonchev–Trinajstić information content (AvgIpc) is 2.75. The van der Waals surface area contributed by atoms with Crippen molar-refractivity contribution in [2.24, 2.45) is 5.41 Å². The van der Waals surface area contributed by atoms with Crippen LogP contribution in [0.25, 0.3) is 0 Å². The Bertz CT molecular complexity index is 1110. The van der Waals surface area contributed by atoms with Crippen LogP contribution in [0, 0.1) is 17.0 Å². The Labute approximate surface area is 210 Å². The fourth-order valence-corrected chi connectivity index (χ4v) is 4.97. The SMILES string of the molecule is COc1ccc(CC(C)(C)C)c2c1CN(C(=O)O)C([C@@H](O)[C@H](Cc1cc(F)cc(F)c1)NC(C)=O)C2. The number of aliphatic hydroxyl groups is 1. The smallest absolute Gasteiger partial charge is 0.407 e. The quantitative estimate of drug-likeness (QED) is 0.528. The first-order valence-corrected chi connectivity index (χ1v) is 11.9. The molecule has 0 spiro atoms. The van der Waals surface area contributed by atoms with Gasteiger partial charge in [-0.05, 0) is 59.6 Å². The van der Waals surface area contributed by atoms with E-state index in [-0.39, 0.29) is 30.4 Å². The molecular formula is C27H34F2N2O5. The van der Waals surface area contributed by atoms with Crippen LogP contribution >= 0.6 is 0 Å². The van der Waals surface area contributed by atoms with Crippen molar-refractivity contribution in [3.8, 4) is 5.75 Å². The number of nitrogens with zero attached hydrogens (tertiary/aromatic N) is 1. The summed E-state index contributed by atoms with van der Waals surface area (Å²) >= 11 is 0. The largest absolute Gasteiger partial charge is 0.496 e. The maximum atomic E-state index is 13.8. The second kappa shape index (κ2) is 10.8. The van der Waals surface area contributed by atoms with Gasteiger partial charge in [-0.1, -0.05) is 26.8 Å². The number of hydrogen-bond donors (Lipinski definition) is 3. The van der Waals surface area contributed by atoms with Crippen molar-refractivity contribution in [3.05, 3.63) is 64.2 Å². The van der Waals surface area contributed by atoms with E-state index in [4.69, 9.17) is 4.74 Å². The van der Waals surface area contributed by atoms with Crippen molar-refractivity contribution in [2.45, 2.75) is 71.7 Å². The minimum Gasteiger partial charge on any atom is -0.496 e. The summed E-state index contributed by atoms with van der Waals surface area (Å²) in [6, 6.07) is 4.90. The molecular weight excluding hydrogens is 470 g/mol. The van der Waals surface area contributed by atoms with Crippen LogP contribution in [0.3, 0.4) is 0 Å². The number of hydrogen-bond acceptors (Lipinski definition) is 4. The molecule has 0 saturated carbocycles. The summed E-state index contributed by atoms with van der Waals surface area (Å²) in [6.45, 7) is 7.58. The third-order valence-corrected chi connectivity index (χ3v) is 6.39. The monoisotopic (exact) mass is 504 g/mol. The molecule has 0 saturated heterocycles. The highest BCUT2D eigenvalue weighted by Crippen LogP contribution is 2.37. The Morgan fingerprint density at radius 3 is 2.33 bits per heavy atom. The molecule has 2 amide bonds. The standard InChI is InChI=1S/C27H34F2N2O5/c1-15(32)30-22(10-16-8-18(28)11-19(29)9-16)25(33)23-12-20-17(13-27(2,3)4)6-7-24(36-5)21(20)14-31(23)26(34)35/h6-9,11,22-23,25,33H,10,12-14H2,1-5H3,(H,30,32)(H,34,35)/t22-,23?,25-/m0/s1. The number of ether oxygens (including phenoxy) is 1. The lowest BCUT2D eigenvalue weighted by Crippen LogP contribution is -2.58. The molecule has 0 radical (unpaired) electrons. The Morgan fingerprint density at radius 2 is 1.81 bits per heavy atom. The van der Waals surface area contributed by atoms with E-state index in [9.17, 15) is 28.6 Å². The molecule has 7 nitrogen and oxygen atoms in total. The van der Waals surface area contributed by atoms with Gasteiger partial charge < -0.3 is 20.3 Å². The zero-order chi connectivity index (χ0) is 26.8. The number of carbonyl (C=O) groups is 2. The zero-order valence-corrected chi connectivity index (χ0v) is 21.3. The van der Waals surface area contributed by atoms with Gasteiger partial charge in [-0.3, -0.25) is 9.69 Å². The van der Waals surface area contributed by atoms with E-state index < -0.39 is 41.8 Å². The van der Waals surface area contributed by atoms with Crippen molar-refractivity contribution in [1.29, 1.82) is 0 Å². The maximum Gasteiger partial charge on any atom is 0.407 e. The van der Waals surface area contributed by atoms with Crippen LogP contribution in [-0.2, 0) is 30.6 Å². The fourth-order valence-electron chi connectivity index (χ4n) is 4.97. The van der Waals surface area contributed by atoms with Gasteiger partial charge in [0.05, 0.1) is 31.8 Å². The minimum atomic E-state index is -1.35. The number of methoxy groups -OCH3 is 1. The van der Waals surface area contributed by atoms with Crippen LogP contribution in [0.15, 0.2) is 30.3 Å². The molecule has 1 aliphatic heterocycles. The second-order valence-electron chi connectivity index (χ2n) is 10.6. The number of aliphatic hydroxyl groups excluding tert-OH is 1. The summed E-state index contributed by atoms with van der Waals surface area (Å²) in [4.78, 5) is 25.4. The third-order valence-electron chi connectivity index (χ3n) is 6.39. The molecule has 1 heterocycles. The molecule has 0 bridgehead atoms. The van der Waals surface area contributed by atoms with Gasteiger partial charge in [0.1, 0.15) is 17.4 Å². The van der Waals surface area contributed by atoms with Crippen molar-refractivity contribution >= 4 is 12.0 Å². The first kappa shape index (κ1) is 27.4. The summed E-state index contributed by atoms with van der Waals surface area (Å²) in [5.74, 6) is -1.45. The molecule has 3 N–H and O–H groups in total. The molecule has 1 unspecified atom stereocenters. The number of fused-ring (bicyclic) bond motifs is 1. The molecule has 0 fully saturated rings. The molecule has 2 aromatic carbocycles. The zero-order valence-electron chi connectivity index (χ0n) is 21.3. The fraction of sp³-hybridized carbons (Fsp3) is 0.481. The Balaban J connectivity index is 2.03. The van der Waals surface area contributed by atoms with E-state index in [1.54, 1.807) is 0 Å². The summed E-state index contributed by atoms with van der Waals surface area (Å²) < 4.78 is 33.1. The van der Waals surface area contributed by atoms with Crippen molar-refractivity contribution in [2.75, 3.05) is 7.11 Å². The normalized spacial score (nSPS) is 17.2. The van der Waals surface area contributed by atoms with E-state index in [2.05, 4.69) is 26.1 Å². The van der Waals surface area contributed by atoms with Crippen LogP contribution in [0.5, 0.6) is 5.75 Å². The first-order valence-electron chi connectivity index (χ1n) is 11.9. The van der Waals surface area contributed by atoms with Gasteiger partial charge in [-0.15, -0.1) is 0 Å². The van der Waals surface area contributed by atoms with Crippen molar-refractivity contribution in [1.82, 2.24) is 10.2 Å². The Kier molecular flexibility index (Phi) is 8.23. The molecule has 9 heteroatoms. The number of benzene rings is 2. The molecule has 0 aliphatic carbocycles. The molecule has 1 aliphatic rings. The topological polar surface area (TPSA) is 99.1 Å². The highest BCUT2D eigenvalue weighted by molar-refractivity contribution is 5.73. The van der Waals surface area contributed by atoms with Crippen LogP contribution in [-0.4, -0.2) is 52.4 Å². The lowest BCUT2D eigenvalue weighted by Gasteiger charge is -2.41. The van der Waals surface area contributed by atoms with Gasteiger partial charge in [-0.25, -0.2) is 13.6 Å². The van der Waals surface area contributed by atoms with Crippen LogP contribution in [0.2, 0.25) is 0 Å². The number of nitrogens with one attached hydrogen (secondary N) is 1. The van der Waals surface area contributed by atoms with E-state index in [1.165, 1.54) is 14.0 Å². The average molecular weight is 505 g/mol. The number of amides is 2. The minimum absolute atomic E-state index is 0.00503. The van der Waals surface area contributed by atoms with E-state index in [0.29, 0.717) is 5.75 Å². The summed E-state index contributed by atoms with van der Waals surface area (Å²) in [6.07, 6.45) is -1.74. The van der Waals surface area contributed by atoms with Gasteiger partial charge >= 0.3 is 6.09 Å². The predicted molar refractivity (Wildman–Crippen MR) is 131 cm³/mol. The lowest BCUT2D eigenvalue weighted by atomic mass is 9.80. The van der Waals surface area contributed by atoms with Crippen molar-refractivity contribution < 1.29 is 33.3 Å². The molecule has 0 aromatic heterocycles. The molecule has 3 rings (SSSR count). The molecule has 3 atom stereocenters. The van der Waals surface area contributed by atoms with Gasteiger partial charge in [0, 0.05) is 18.6 Å². The van der Waals surface area contributed by atoms with Crippen LogP contribution in [0.1, 0.15) is 49.9 Å². The lowest BCUT2D eigenvalue weighted by molar-refractivity contribution is -0.120. The van der Waals surface area contributed by atoms with Gasteiger partial charge in [0.25, 0.3) is 0 Å². The van der Waals surface area contributed by atoms with E-state index >= 15 is 0 Å². The summed E-state index contributed by atoms with van der Waals surface area (Å²) in [5, 5.41) is 24.1. The molecule has 36 heavy (non-hydrogen) atoms. The molecule has 2 aromatic rings. The third kappa shape index (κ3) is 6.51. The van der Waals surface area contributed by atoms with Gasteiger partial charge in [0.15, 0.2) is 0 Å². The Morgan fingerprint density at radius 1 is 1.17 bits per heavy atom. The van der Waals surface area contributed by atoms with E-state index in [1.807, 2.05) is 12.1 Å².